The molecule has 1 atom stereocenters. The molecule has 0 fully saturated rings. The van der Waals surface area contributed by atoms with E-state index in [1.807, 2.05) is 30.3 Å². The minimum atomic E-state index is -1.63. The van der Waals surface area contributed by atoms with Gasteiger partial charge in [0, 0.05) is 25.2 Å². The van der Waals surface area contributed by atoms with Gasteiger partial charge < -0.3 is 45.5 Å². The number of esters is 1. The van der Waals surface area contributed by atoms with Crippen LogP contribution in [0, 0.1) is 5.41 Å². The Kier molecular flexibility index (Phi) is 13.6. The Hall–Kier alpha value is -6.94. The van der Waals surface area contributed by atoms with Crippen molar-refractivity contribution in [2.45, 2.75) is 31.8 Å². The lowest BCUT2D eigenvalue weighted by Gasteiger charge is -2.29. The minimum Gasteiger partial charge on any atom is -0.492 e. The number of amides is 1. The summed E-state index contributed by atoms with van der Waals surface area (Å²) in [6.45, 7) is -0.184. The SMILES string of the molecule is N=C(N)Nc1ccc2c(c1)CCCOc1c(cccc1C(=O)N(CC(=O)O)[C@@H](Cc1ccc(OCCN(CC(=O)O)Cc3ccccc3)cc1)C(=O)O)OC2=O. The van der Waals surface area contributed by atoms with E-state index in [0.717, 1.165) is 10.5 Å². The van der Waals surface area contributed by atoms with Crippen LogP contribution in [0.3, 0.4) is 0 Å². The average molecular weight is 768 g/mol. The Morgan fingerprint density at radius 1 is 0.893 bits per heavy atom. The molecule has 1 aliphatic rings. The Morgan fingerprint density at radius 2 is 1.62 bits per heavy atom. The summed E-state index contributed by atoms with van der Waals surface area (Å²) < 4.78 is 17.5. The summed E-state index contributed by atoms with van der Waals surface area (Å²) in [5.74, 6) is -5.70. The number of nitrogens with two attached hydrogens (primary N) is 1. The monoisotopic (exact) mass is 767 g/mol. The number of hydrogen-bond acceptors (Lipinski definition) is 10. The van der Waals surface area contributed by atoms with Crippen LogP contribution in [0.1, 0.15) is 43.8 Å². The van der Waals surface area contributed by atoms with E-state index in [9.17, 15) is 39.3 Å². The van der Waals surface area contributed by atoms with Gasteiger partial charge >= 0.3 is 23.9 Å². The summed E-state index contributed by atoms with van der Waals surface area (Å²) >= 11 is 0. The van der Waals surface area contributed by atoms with Crippen LogP contribution >= 0.6 is 0 Å². The van der Waals surface area contributed by atoms with E-state index in [1.165, 1.54) is 24.3 Å². The molecule has 4 aromatic carbocycles. The van der Waals surface area contributed by atoms with Gasteiger partial charge in [0.15, 0.2) is 17.5 Å². The number of carboxylic acids is 3. The predicted molar refractivity (Wildman–Crippen MR) is 202 cm³/mol. The lowest BCUT2D eigenvalue weighted by atomic mass is 10.0. The molecule has 0 bridgehead atoms. The van der Waals surface area contributed by atoms with Gasteiger partial charge in [0.2, 0.25) is 0 Å². The summed E-state index contributed by atoms with van der Waals surface area (Å²) in [6.07, 6.45) is 0.480. The van der Waals surface area contributed by atoms with E-state index < -0.39 is 42.4 Å². The maximum absolute atomic E-state index is 14.1. The molecular weight excluding hydrogens is 726 g/mol. The summed E-state index contributed by atoms with van der Waals surface area (Å²) in [7, 11) is 0. The number of carboxylic acid groups (broad SMARTS) is 3. The van der Waals surface area contributed by atoms with E-state index in [1.54, 1.807) is 41.3 Å². The van der Waals surface area contributed by atoms with E-state index in [-0.39, 0.29) is 54.8 Å². The first-order valence-corrected chi connectivity index (χ1v) is 17.5. The van der Waals surface area contributed by atoms with Crippen LogP contribution in [-0.2, 0) is 33.8 Å². The predicted octanol–water partition coefficient (Wildman–Crippen LogP) is 3.72. The third-order valence-electron chi connectivity index (χ3n) is 8.72. The topological polar surface area (TPSA) is 242 Å². The first-order valence-electron chi connectivity index (χ1n) is 17.5. The molecule has 292 valence electrons. The number of nitrogens with zero attached hydrogens (tertiary/aromatic N) is 2. The number of nitrogens with one attached hydrogen (secondary N) is 2. The van der Waals surface area contributed by atoms with Gasteiger partial charge in [0.05, 0.1) is 24.3 Å². The third kappa shape index (κ3) is 11.0. The van der Waals surface area contributed by atoms with Crippen LogP contribution in [0.25, 0.3) is 0 Å². The molecule has 5 rings (SSSR count). The van der Waals surface area contributed by atoms with Crippen molar-refractivity contribution in [2.75, 3.05) is 38.2 Å². The lowest BCUT2D eigenvalue weighted by molar-refractivity contribution is -0.145. The maximum atomic E-state index is 14.1. The lowest BCUT2D eigenvalue weighted by Crippen LogP contribution is -2.48. The van der Waals surface area contributed by atoms with Crippen molar-refractivity contribution in [3.8, 4) is 17.2 Å². The zero-order chi connectivity index (χ0) is 40.2. The Bertz CT molecular complexity index is 2070. The molecule has 1 heterocycles. The van der Waals surface area contributed by atoms with E-state index in [4.69, 9.17) is 25.4 Å². The van der Waals surface area contributed by atoms with Crippen molar-refractivity contribution in [1.29, 1.82) is 5.41 Å². The highest BCUT2D eigenvalue weighted by molar-refractivity contribution is 6.02. The van der Waals surface area contributed by atoms with Crippen molar-refractivity contribution in [2.24, 2.45) is 5.73 Å². The molecule has 4 aromatic rings. The van der Waals surface area contributed by atoms with Crippen molar-refractivity contribution in [3.05, 3.63) is 119 Å². The zero-order valence-corrected chi connectivity index (χ0v) is 30.2. The number of guanidine groups is 1. The molecule has 0 spiro atoms. The molecule has 0 aliphatic carbocycles. The van der Waals surface area contributed by atoms with E-state index in [2.05, 4.69) is 5.32 Å². The number of rotatable bonds is 16. The van der Waals surface area contributed by atoms with Gasteiger partial charge in [0.1, 0.15) is 24.9 Å². The average Bonchev–Trinajstić information content (AvgIpc) is 3.15. The van der Waals surface area contributed by atoms with Gasteiger partial charge in [-0.05, 0) is 72.0 Å². The summed E-state index contributed by atoms with van der Waals surface area (Å²) in [5, 5.41) is 39.6. The van der Waals surface area contributed by atoms with Crippen LogP contribution < -0.4 is 25.3 Å². The highest BCUT2D eigenvalue weighted by Crippen LogP contribution is 2.35. The Morgan fingerprint density at radius 3 is 2.30 bits per heavy atom. The fourth-order valence-electron chi connectivity index (χ4n) is 6.18. The molecule has 0 unspecified atom stereocenters. The van der Waals surface area contributed by atoms with Gasteiger partial charge in [-0.25, -0.2) is 9.59 Å². The molecule has 16 nitrogen and oxygen atoms in total. The molecule has 7 N–H and O–H groups in total. The first-order chi connectivity index (χ1) is 26.9. The van der Waals surface area contributed by atoms with Gasteiger partial charge in [-0.15, -0.1) is 0 Å². The van der Waals surface area contributed by atoms with Crippen LogP contribution in [0.2, 0.25) is 0 Å². The quantitative estimate of drug-likeness (QED) is 0.0412. The smallest absolute Gasteiger partial charge is 0.343 e. The first kappa shape index (κ1) is 40.2. The zero-order valence-electron chi connectivity index (χ0n) is 30.2. The number of para-hydroxylation sites is 1. The van der Waals surface area contributed by atoms with E-state index >= 15 is 0 Å². The van der Waals surface area contributed by atoms with Crippen molar-refractivity contribution < 1.29 is 53.5 Å². The van der Waals surface area contributed by atoms with Gasteiger partial charge in [-0.1, -0.05) is 48.5 Å². The molecule has 1 aliphatic heterocycles. The number of ether oxygens (including phenoxy) is 3. The standard InChI is InChI=1S/C40H41N5O11/c41-40(42)43-28-13-16-30-27(21-28)8-5-18-55-36-31(9-4-10-33(36)56-39(30)53)37(50)45(24-35(48)49)32(38(51)52)20-25-11-14-29(15-12-25)54-19-17-44(23-34(46)47)22-26-6-2-1-3-7-26/h1-4,6-7,9-16,21,32H,5,8,17-20,22-24H2,(H,46,47)(H,48,49)(H,51,52)(H4,41,42,43)/t32-/m0/s1. The molecule has 0 saturated carbocycles. The van der Waals surface area contributed by atoms with Crippen molar-refractivity contribution >= 4 is 41.4 Å². The maximum Gasteiger partial charge on any atom is 0.343 e. The highest BCUT2D eigenvalue weighted by atomic mass is 16.6. The fourth-order valence-corrected chi connectivity index (χ4v) is 6.18. The van der Waals surface area contributed by atoms with Crippen molar-refractivity contribution in [1.82, 2.24) is 9.80 Å². The third-order valence-corrected chi connectivity index (χ3v) is 8.72. The molecular formula is C40H41N5O11. The van der Waals surface area contributed by atoms with Crippen molar-refractivity contribution in [3.63, 3.8) is 0 Å². The van der Waals surface area contributed by atoms with Crippen LogP contribution in [0.4, 0.5) is 5.69 Å². The summed E-state index contributed by atoms with van der Waals surface area (Å²) in [6, 6.07) is 23.1. The largest absolute Gasteiger partial charge is 0.492 e. The second-order valence-electron chi connectivity index (χ2n) is 12.9. The fraction of sp³-hybridized carbons (Fsp3) is 0.250. The Balaban J connectivity index is 1.31. The van der Waals surface area contributed by atoms with Crippen LogP contribution in [-0.4, -0.2) is 99.8 Å². The van der Waals surface area contributed by atoms with Crippen LogP contribution in [0.5, 0.6) is 17.2 Å². The second kappa shape index (κ2) is 18.9. The molecule has 0 saturated heterocycles. The second-order valence-corrected chi connectivity index (χ2v) is 12.9. The number of hydrogen-bond donors (Lipinski definition) is 6. The van der Waals surface area contributed by atoms with Gasteiger partial charge in [-0.2, -0.15) is 0 Å². The number of fused-ring (bicyclic) bond motifs is 2. The molecule has 16 heteroatoms. The molecule has 0 aromatic heterocycles. The Labute approximate surface area is 321 Å². The van der Waals surface area contributed by atoms with E-state index in [0.29, 0.717) is 48.5 Å². The molecule has 56 heavy (non-hydrogen) atoms. The van der Waals surface area contributed by atoms with Gasteiger partial charge in [0.25, 0.3) is 5.91 Å². The van der Waals surface area contributed by atoms with Crippen LogP contribution in [0.15, 0.2) is 91.0 Å². The normalized spacial score (nSPS) is 12.8. The summed E-state index contributed by atoms with van der Waals surface area (Å²) in [5.41, 5.74) is 8.01. The number of benzene rings is 4. The highest BCUT2D eigenvalue weighted by Gasteiger charge is 2.35. The number of anilines is 1. The number of aryl methyl sites for hydroxylation is 1. The number of aliphatic carboxylic acids is 3. The number of carbonyl (C=O) groups is 5. The summed E-state index contributed by atoms with van der Waals surface area (Å²) in [4.78, 5) is 66.1. The number of carbonyl (C=O) groups excluding carboxylic acids is 2. The molecule has 1 amide bonds. The molecule has 0 radical (unpaired) electrons. The van der Waals surface area contributed by atoms with Gasteiger partial charge in [-0.3, -0.25) is 24.7 Å². The minimum absolute atomic E-state index is 0.0545.